The van der Waals surface area contributed by atoms with Crippen LogP contribution in [0.4, 0.5) is 5.00 Å². The second-order valence-corrected chi connectivity index (χ2v) is 6.57. The maximum atomic E-state index is 12.3. The fraction of sp³-hybridized carbons (Fsp3) is 0.278. The monoisotopic (exact) mass is 359 g/mol. The summed E-state index contributed by atoms with van der Waals surface area (Å²) < 4.78 is 10.5. The number of ether oxygens (including phenoxy) is 2. The molecule has 7 heteroatoms. The quantitative estimate of drug-likeness (QED) is 0.647. The molecule has 1 N–H and O–H groups in total. The van der Waals surface area contributed by atoms with E-state index in [1.165, 1.54) is 6.92 Å². The lowest BCUT2D eigenvalue weighted by Gasteiger charge is -2.14. The summed E-state index contributed by atoms with van der Waals surface area (Å²) in [6.45, 7) is 5.10. The van der Waals surface area contributed by atoms with Gasteiger partial charge in [0.25, 0.3) is 0 Å². The number of thiophene rings is 1. The van der Waals surface area contributed by atoms with Crippen molar-refractivity contribution in [2.24, 2.45) is 0 Å². The Hall–Kier alpha value is -2.67. The van der Waals surface area contributed by atoms with Crippen molar-refractivity contribution in [3.63, 3.8) is 0 Å². The van der Waals surface area contributed by atoms with Gasteiger partial charge in [0.15, 0.2) is 5.78 Å². The number of anilines is 1. The molecule has 0 bridgehead atoms. The zero-order chi connectivity index (χ0) is 18.1. The second-order valence-electron chi connectivity index (χ2n) is 5.55. The van der Waals surface area contributed by atoms with Gasteiger partial charge >= 0.3 is 11.9 Å². The number of carbonyl (C=O) groups is 3. The number of cyclic esters (lactones) is 1. The van der Waals surface area contributed by atoms with Crippen LogP contribution >= 0.6 is 11.3 Å². The molecule has 1 aromatic carbocycles. The van der Waals surface area contributed by atoms with Crippen molar-refractivity contribution in [1.29, 1.82) is 0 Å². The van der Waals surface area contributed by atoms with Crippen LogP contribution in [0.1, 0.15) is 61.6 Å². The van der Waals surface area contributed by atoms with E-state index in [0.29, 0.717) is 32.1 Å². The number of benzene rings is 1. The van der Waals surface area contributed by atoms with E-state index in [0.717, 1.165) is 11.3 Å². The molecular formula is C18H17NO5S. The molecule has 6 nitrogen and oxygen atoms in total. The highest BCUT2D eigenvalue weighted by atomic mass is 32.1. The van der Waals surface area contributed by atoms with Gasteiger partial charge in [-0.3, -0.25) is 4.79 Å². The first-order valence-corrected chi connectivity index (χ1v) is 8.63. The van der Waals surface area contributed by atoms with E-state index >= 15 is 0 Å². The van der Waals surface area contributed by atoms with Gasteiger partial charge in [0.2, 0.25) is 6.23 Å². The summed E-state index contributed by atoms with van der Waals surface area (Å²) in [5.74, 6) is -1.07. The van der Waals surface area contributed by atoms with Crippen molar-refractivity contribution in [3.05, 3.63) is 51.4 Å². The number of Topliss-reactive ketones (excluding diaryl/α,β-unsaturated/α-hetero) is 1. The third-order valence-corrected chi connectivity index (χ3v) is 5.22. The maximum Gasteiger partial charge on any atom is 0.341 e. The van der Waals surface area contributed by atoms with Gasteiger partial charge in [0.1, 0.15) is 5.00 Å². The second kappa shape index (κ2) is 6.68. The smallest absolute Gasteiger partial charge is 0.341 e. The Bertz CT molecular complexity index is 870. The Morgan fingerprint density at radius 3 is 2.72 bits per heavy atom. The van der Waals surface area contributed by atoms with E-state index in [1.54, 1.807) is 32.0 Å². The molecule has 0 fully saturated rings. The number of esters is 2. The third kappa shape index (κ3) is 3.02. The lowest BCUT2D eigenvalue weighted by Crippen LogP contribution is -2.13. The molecule has 0 saturated heterocycles. The SMILES string of the molecule is CCOC(=O)c1c(NC2OC(=O)c3ccccc32)sc(C(C)=O)c1C. The van der Waals surface area contributed by atoms with Crippen LogP contribution in [0.2, 0.25) is 0 Å². The van der Waals surface area contributed by atoms with Crippen LogP contribution in [0.3, 0.4) is 0 Å². The highest BCUT2D eigenvalue weighted by Crippen LogP contribution is 2.38. The average Bonchev–Trinajstić information content (AvgIpc) is 3.06. The molecule has 3 rings (SSSR count). The van der Waals surface area contributed by atoms with Crippen LogP contribution in [-0.4, -0.2) is 24.3 Å². The molecule has 1 aliphatic heterocycles. The van der Waals surface area contributed by atoms with Crippen molar-refractivity contribution in [1.82, 2.24) is 0 Å². The van der Waals surface area contributed by atoms with Gasteiger partial charge in [-0.2, -0.15) is 0 Å². The fourth-order valence-corrected chi connectivity index (χ4v) is 3.88. The van der Waals surface area contributed by atoms with Crippen LogP contribution in [0.5, 0.6) is 0 Å². The minimum absolute atomic E-state index is 0.134. The van der Waals surface area contributed by atoms with Crippen LogP contribution in [0.15, 0.2) is 24.3 Å². The molecule has 0 spiro atoms. The molecule has 1 aliphatic rings. The van der Waals surface area contributed by atoms with Gasteiger partial charge < -0.3 is 14.8 Å². The summed E-state index contributed by atoms with van der Waals surface area (Å²) in [5.41, 5.74) is 2.05. The summed E-state index contributed by atoms with van der Waals surface area (Å²) in [6, 6.07) is 7.04. The molecule has 0 amide bonds. The molecule has 25 heavy (non-hydrogen) atoms. The van der Waals surface area contributed by atoms with Gasteiger partial charge in [-0.25, -0.2) is 9.59 Å². The summed E-state index contributed by atoms with van der Waals surface area (Å²) in [4.78, 5) is 36.6. The molecule has 1 atom stereocenters. The van der Waals surface area contributed by atoms with E-state index < -0.39 is 18.2 Å². The van der Waals surface area contributed by atoms with Crippen LogP contribution < -0.4 is 5.32 Å². The highest BCUT2D eigenvalue weighted by Gasteiger charge is 2.33. The standard InChI is InChI=1S/C18H17NO5S/c1-4-23-18(22)13-9(2)14(10(3)20)25-16(13)19-15-11-7-5-6-8-12(11)17(21)24-15/h5-8,15,19H,4H2,1-3H3. The summed E-state index contributed by atoms with van der Waals surface area (Å²) in [7, 11) is 0. The lowest BCUT2D eigenvalue weighted by atomic mass is 10.1. The molecular weight excluding hydrogens is 342 g/mol. The maximum absolute atomic E-state index is 12.3. The minimum atomic E-state index is -0.713. The van der Waals surface area contributed by atoms with E-state index in [1.807, 2.05) is 6.07 Å². The number of fused-ring (bicyclic) bond motifs is 1. The third-order valence-electron chi connectivity index (χ3n) is 3.90. The number of hydrogen-bond donors (Lipinski definition) is 1. The summed E-state index contributed by atoms with van der Waals surface area (Å²) in [6.07, 6.45) is -0.713. The van der Waals surface area contributed by atoms with Gasteiger partial charge in [-0.1, -0.05) is 18.2 Å². The number of ketones is 1. The fourth-order valence-electron chi connectivity index (χ4n) is 2.77. The normalized spacial score (nSPS) is 15.5. The number of rotatable bonds is 5. The largest absolute Gasteiger partial charge is 0.462 e. The Balaban J connectivity index is 2.00. The van der Waals surface area contributed by atoms with Crippen LogP contribution in [0, 0.1) is 6.92 Å². The van der Waals surface area contributed by atoms with Crippen LogP contribution in [-0.2, 0) is 9.47 Å². The predicted molar refractivity (Wildman–Crippen MR) is 93.2 cm³/mol. The number of hydrogen-bond acceptors (Lipinski definition) is 7. The van der Waals surface area contributed by atoms with Gasteiger partial charge in [-0.05, 0) is 32.4 Å². The summed E-state index contributed by atoms with van der Waals surface area (Å²) >= 11 is 1.16. The van der Waals surface area contributed by atoms with E-state index in [9.17, 15) is 14.4 Å². The molecule has 0 saturated carbocycles. The van der Waals surface area contributed by atoms with E-state index in [4.69, 9.17) is 9.47 Å². The molecule has 1 aromatic heterocycles. The molecule has 130 valence electrons. The summed E-state index contributed by atoms with van der Waals surface area (Å²) in [5, 5.41) is 3.53. The Morgan fingerprint density at radius 1 is 1.32 bits per heavy atom. The van der Waals surface area contributed by atoms with Gasteiger partial charge in [-0.15, -0.1) is 11.3 Å². The zero-order valence-electron chi connectivity index (χ0n) is 14.0. The van der Waals surface area contributed by atoms with E-state index in [-0.39, 0.29) is 12.4 Å². The van der Waals surface area contributed by atoms with E-state index in [2.05, 4.69) is 5.32 Å². The highest BCUT2D eigenvalue weighted by molar-refractivity contribution is 7.18. The Kier molecular flexibility index (Phi) is 4.59. The Labute approximate surface area is 148 Å². The number of carbonyl (C=O) groups excluding carboxylic acids is 3. The topological polar surface area (TPSA) is 81.7 Å². The molecule has 1 unspecified atom stereocenters. The van der Waals surface area contributed by atoms with Crippen LogP contribution in [0.25, 0.3) is 0 Å². The zero-order valence-corrected chi connectivity index (χ0v) is 14.9. The van der Waals surface area contributed by atoms with Gasteiger partial charge in [0, 0.05) is 5.56 Å². The molecule has 0 aliphatic carbocycles. The first kappa shape index (κ1) is 17.2. The molecule has 0 radical (unpaired) electrons. The molecule has 2 heterocycles. The van der Waals surface area contributed by atoms with Crippen molar-refractivity contribution in [2.75, 3.05) is 11.9 Å². The first-order valence-electron chi connectivity index (χ1n) is 7.82. The van der Waals surface area contributed by atoms with Crippen molar-refractivity contribution >= 4 is 34.1 Å². The van der Waals surface area contributed by atoms with Crippen molar-refractivity contribution in [3.8, 4) is 0 Å². The first-order chi connectivity index (χ1) is 11.9. The number of nitrogens with one attached hydrogen (secondary N) is 1. The Morgan fingerprint density at radius 2 is 2.04 bits per heavy atom. The van der Waals surface area contributed by atoms with Gasteiger partial charge in [0.05, 0.1) is 22.6 Å². The minimum Gasteiger partial charge on any atom is -0.462 e. The molecule has 2 aromatic rings. The van der Waals surface area contributed by atoms with Crippen molar-refractivity contribution in [2.45, 2.75) is 27.0 Å². The average molecular weight is 359 g/mol. The van der Waals surface area contributed by atoms with Crippen molar-refractivity contribution < 1.29 is 23.9 Å². The lowest BCUT2D eigenvalue weighted by molar-refractivity contribution is 0.0437. The predicted octanol–water partition coefficient (Wildman–Crippen LogP) is 3.72.